The van der Waals surface area contributed by atoms with Gasteiger partial charge in [-0.3, -0.25) is 10.1 Å². The van der Waals surface area contributed by atoms with Crippen molar-refractivity contribution < 1.29 is 13.6 Å². The third kappa shape index (κ3) is 3.50. The smallest absolute Gasteiger partial charge is 0.263 e. The van der Waals surface area contributed by atoms with Gasteiger partial charge in [0, 0.05) is 11.6 Å². The summed E-state index contributed by atoms with van der Waals surface area (Å²) in [6.07, 6.45) is 1.85. The Bertz CT molecular complexity index is 428. The number of carbonyl (C=O) groups excluding carboxylic acids is 1. The molecule has 1 unspecified atom stereocenters. The molecule has 1 aliphatic carbocycles. The van der Waals surface area contributed by atoms with Gasteiger partial charge in [0.15, 0.2) is 0 Å². The van der Waals surface area contributed by atoms with E-state index in [0.29, 0.717) is 5.56 Å². The molecule has 19 heavy (non-hydrogen) atoms. The van der Waals surface area contributed by atoms with Crippen LogP contribution in [0.1, 0.15) is 49.3 Å². The first kappa shape index (κ1) is 13.9. The van der Waals surface area contributed by atoms with Crippen molar-refractivity contribution in [3.8, 4) is 0 Å². The standard InChI is InChI=1S/C14H18F2N2O/c15-13(16)10-7-5-9(6-8-10)12(14(17)19)18-11-3-1-2-4-11/h5-8,11-13,18H,1-4H2,(H2,17,19). The summed E-state index contributed by atoms with van der Waals surface area (Å²) in [6, 6.07) is 5.44. The molecule has 1 aromatic rings. The van der Waals surface area contributed by atoms with E-state index in [1.165, 1.54) is 12.1 Å². The minimum Gasteiger partial charge on any atom is -0.368 e. The van der Waals surface area contributed by atoms with E-state index >= 15 is 0 Å². The number of nitrogens with one attached hydrogen (secondary N) is 1. The Kier molecular flexibility index (Phi) is 4.47. The summed E-state index contributed by atoms with van der Waals surface area (Å²) in [6.45, 7) is 0. The summed E-state index contributed by atoms with van der Waals surface area (Å²) in [5.74, 6) is -0.475. The van der Waals surface area contributed by atoms with Gasteiger partial charge in [0.05, 0.1) is 0 Å². The lowest BCUT2D eigenvalue weighted by atomic mass is 10.0. The van der Waals surface area contributed by atoms with E-state index in [9.17, 15) is 13.6 Å². The maximum absolute atomic E-state index is 12.5. The number of hydrogen-bond acceptors (Lipinski definition) is 2. The Hall–Kier alpha value is -1.49. The molecule has 1 amide bonds. The van der Waals surface area contributed by atoms with Crippen molar-refractivity contribution in [2.24, 2.45) is 5.73 Å². The van der Waals surface area contributed by atoms with E-state index in [2.05, 4.69) is 5.32 Å². The van der Waals surface area contributed by atoms with E-state index in [-0.39, 0.29) is 11.6 Å². The second kappa shape index (κ2) is 6.10. The second-order valence-corrected chi connectivity index (χ2v) is 4.95. The van der Waals surface area contributed by atoms with Crippen LogP contribution in [0.15, 0.2) is 24.3 Å². The molecule has 0 heterocycles. The zero-order chi connectivity index (χ0) is 13.8. The van der Waals surface area contributed by atoms with Crippen molar-refractivity contribution in [2.45, 2.75) is 44.2 Å². The highest BCUT2D eigenvalue weighted by molar-refractivity contribution is 5.81. The summed E-state index contributed by atoms with van der Waals surface area (Å²) in [5, 5.41) is 3.22. The Morgan fingerprint density at radius 1 is 1.16 bits per heavy atom. The van der Waals surface area contributed by atoms with E-state index in [0.717, 1.165) is 25.7 Å². The predicted octanol–water partition coefficient (Wildman–Crippen LogP) is 2.68. The molecule has 1 atom stereocenters. The van der Waals surface area contributed by atoms with Gasteiger partial charge in [-0.25, -0.2) is 8.78 Å². The maximum Gasteiger partial charge on any atom is 0.263 e. The SMILES string of the molecule is NC(=O)C(NC1CCCC1)c1ccc(C(F)F)cc1. The molecule has 0 spiro atoms. The minimum absolute atomic E-state index is 0.0483. The third-order valence-electron chi connectivity index (χ3n) is 3.56. The number of carbonyl (C=O) groups is 1. The largest absolute Gasteiger partial charge is 0.368 e. The molecule has 1 aromatic carbocycles. The molecular formula is C14H18F2N2O. The fraction of sp³-hybridized carbons (Fsp3) is 0.500. The fourth-order valence-corrected chi connectivity index (χ4v) is 2.50. The predicted molar refractivity (Wildman–Crippen MR) is 68.7 cm³/mol. The number of hydrogen-bond donors (Lipinski definition) is 2. The van der Waals surface area contributed by atoms with Crippen molar-refractivity contribution in [1.82, 2.24) is 5.32 Å². The van der Waals surface area contributed by atoms with E-state index in [1.807, 2.05) is 0 Å². The average Bonchev–Trinajstić information content (AvgIpc) is 2.88. The molecule has 3 N–H and O–H groups in total. The quantitative estimate of drug-likeness (QED) is 0.862. The van der Waals surface area contributed by atoms with Gasteiger partial charge in [0.25, 0.3) is 6.43 Å². The molecule has 1 aliphatic rings. The number of amides is 1. The monoisotopic (exact) mass is 268 g/mol. The lowest BCUT2D eigenvalue weighted by Crippen LogP contribution is -2.38. The fourth-order valence-electron chi connectivity index (χ4n) is 2.50. The molecule has 0 radical (unpaired) electrons. The number of nitrogens with two attached hydrogens (primary N) is 1. The van der Waals surface area contributed by atoms with Gasteiger partial charge in [-0.15, -0.1) is 0 Å². The van der Waals surface area contributed by atoms with E-state index < -0.39 is 18.4 Å². The van der Waals surface area contributed by atoms with Crippen LogP contribution < -0.4 is 11.1 Å². The van der Waals surface area contributed by atoms with Crippen LogP contribution in [0, 0.1) is 0 Å². The molecule has 0 saturated heterocycles. The first-order valence-electron chi connectivity index (χ1n) is 6.51. The van der Waals surface area contributed by atoms with Crippen LogP contribution in [0.3, 0.4) is 0 Å². The lowest BCUT2D eigenvalue weighted by Gasteiger charge is -2.20. The van der Waals surface area contributed by atoms with Crippen LogP contribution in [0.5, 0.6) is 0 Å². The van der Waals surface area contributed by atoms with Gasteiger partial charge in [-0.05, 0) is 18.4 Å². The molecule has 1 saturated carbocycles. The molecule has 3 nitrogen and oxygen atoms in total. The zero-order valence-electron chi connectivity index (χ0n) is 10.6. The van der Waals surface area contributed by atoms with Crippen LogP contribution in [-0.2, 0) is 4.79 Å². The number of alkyl halides is 2. The van der Waals surface area contributed by atoms with Gasteiger partial charge in [-0.1, -0.05) is 37.1 Å². The molecule has 2 rings (SSSR count). The summed E-state index contributed by atoms with van der Waals surface area (Å²) in [5.41, 5.74) is 5.99. The molecule has 1 fully saturated rings. The van der Waals surface area contributed by atoms with Gasteiger partial charge >= 0.3 is 0 Å². The number of benzene rings is 1. The molecular weight excluding hydrogens is 250 g/mol. The Morgan fingerprint density at radius 3 is 2.16 bits per heavy atom. The van der Waals surface area contributed by atoms with Crippen molar-refractivity contribution >= 4 is 5.91 Å². The molecule has 5 heteroatoms. The Labute approximate surface area is 111 Å². The van der Waals surface area contributed by atoms with Crippen LogP contribution >= 0.6 is 0 Å². The van der Waals surface area contributed by atoms with Crippen molar-refractivity contribution in [3.63, 3.8) is 0 Å². The molecule has 0 bridgehead atoms. The summed E-state index contributed by atoms with van der Waals surface area (Å²) < 4.78 is 25.0. The molecule has 104 valence electrons. The van der Waals surface area contributed by atoms with Gasteiger partial charge < -0.3 is 5.73 Å². The Balaban J connectivity index is 2.11. The van der Waals surface area contributed by atoms with Crippen LogP contribution in [0.4, 0.5) is 8.78 Å². The van der Waals surface area contributed by atoms with Gasteiger partial charge in [0.1, 0.15) is 6.04 Å². The number of primary amides is 1. The summed E-state index contributed by atoms with van der Waals surface area (Å²) in [4.78, 5) is 11.5. The number of rotatable bonds is 5. The highest BCUT2D eigenvalue weighted by Crippen LogP contribution is 2.24. The zero-order valence-corrected chi connectivity index (χ0v) is 10.6. The van der Waals surface area contributed by atoms with Crippen LogP contribution in [0.25, 0.3) is 0 Å². The molecule has 0 aromatic heterocycles. The second-order valence-electron chi connectivity index (χ2n) is 4.95. The third-order valence-corrected chi connectivity index (χ3v) is 3.56. The average molecular weight is 268 g/mol. The highest BCUT2D eigenvalue weighted by atomic mass is 19.3. The minimum atomic E-state index is -2.50. The first-order valence-corrected chi connectivity index (χ1v) is 6.51. The molecule has 0 aliphatic heterocycles. The van der Waals surface area contributed by atoms with Crippen molar-refractivity contribution in [2.75, 3.05) is 0 Å². The first-order chi connectivity index (χ1) is 9.08. The summed E-state index contributed by atoms with van der Waals surface area (Å²) in [7, 11) is 0. The Morgan fingerprint density at radius 2 is 1.68 bits per heavy atom. The topological polar surface area (TPSA) is 55.1 Å². The normalized spacial score (nSPS) is 17.8. The van der Waals surface area contributed by atoms with Crippen LogP contribution in [0.2, 0.25) is 0 Å². The lowest BCUT2D eigenvalue weighted by molar-refractivity contribution is -0.120. The highest BCUT2D eigenvalue weighted by Gasteiger charge is 2.24. The van der Waals surface area contributed by atoms with Crippen LogP contribution in [-0.4, -0.2) is 11.9 Å². The number of halogens is 2. The van der Waals surface area contributed by atoms with Crippen molar-refractivity contribution in [1.29, 1.82) is 0 Å². The summed E-state index contributed by atoms with van der Waals surface area (Å²) >= 11 is 0. The van der Waals surface area contributed by atoms with E-state index in [1.54, 1.807) is 12.1 Å². The van der Waals surface area contributed by atoms with Crippen molar-refractivity contribution in [3.05, 3.63) is 35.4 Å². The van der Waals surface area contributed by atoms with Gasteiger partial charge in [0.2, 0.25) is 5.91 Å². The van der Waals surface area contributed by atoms with E-state index in [4.69, 9.17) is 5.73 Å². The van der Waals surface area contributed by atoms with Gasteiger partial charge in [-0.2, -0.15) is 0 Å². The maximum atomic E-state index is 12.5.